The zero-order valence-corrected chi connectivity index (χ0v) is 10.6. The van der Waals surface area contributed by atoms with Gasteiger partial charge < -0.3 is 15.2 Å². The summed E-state index contributed by atoms with van der Waals surface area (Å²) in [4.78, 5) is 4.08. The lowest BCUT2D eigenvalue weighted by molar-refractivity contribution is 0.397. The summed E-state index contributed by atoms with van der Waals surface area (Å²) in [5.74, 6) is 0.286. The van der Waals surface area contributed by atoms with Crippen LogP contribution in [0.15, 0.2) is 36.5 Å². The van der Waals surface area contributed by atoms with E-state index in [1.165, 1.54) is 18.2 Å². The number of phenolic OH excluding ortho intramolecular Hbond substituents is 1. The van der Waals surface area contributed by atoms with Crippen molar-refractivity contribution in [3.8, 4) is 11.6 Å². The van der Waals surface area contributed by atoms with Gasteiger partial charge in [0.2, 0.25) is 5.88 Å². The van der Waals surface area contributed by atoms with Crippen LogP contribution in [-0.4, -0.2) is 17.2 Å². The van der Waals surface area contributed by atoms with Gasteiger partial charge in [-0.1, -0.05) is 6.07 Å². The van der Waals surface area contributed by atoms with E-state index in [2.05, 4.69) is 10.3 Å². The summed E-state index contributed by atoms with van der Waals surface area (Å²) >= 11 is 0. The van der Waals surface area contributed by atoms with E-state index < -0.39 is 0 Å². The number of phenols is 1. The molecule has 0 saturated carbocycles. The smallest absolute Gasteiger partial charge is 0.212 e. The van der Waals surface area contributed by atoms with Crippen LogP contribution in [0, 0.1) is 5.82 Å². The van der Waals surface area contributed by atoms with Crippen LogP contribution in [0.4, 0.5) is 4.39 Å². The second kappa shape index (κ2) is 6.15. The van der Waals surface area contributed by atoms with Crippen molar-refractivity contribution >= 4 is 0 Å². The van der Waals surface area contributed by atoms with Gasteiger partial charge in [0.15, 0.2) is 0 Å². The van der Waals surface area contributed by atoms with E-state index in [4.69, 9.17) is 4.74 Å². The molecule has 0 aliphatic heterocycles. The fourth-order valence-electron chi connectivity index (χ4n) is 1.67. The highest BCUT2D eigenvalue weighted by Crippen LogP contribution is 2.17. The molecule has 19 heavy (non-hydrogen) atoms. The first-order valence-corrected chi connectivity index (χ1v) is 5.86. The number of nitrogens with zero attached hydrogens (tertiary/aromatic N) is 1. The van der Waals surface area contributed by atoms with Crippen LogP contribution < -0.4 is 10.1 Å². The Labute approximate surface area is 110 Å². The Kier molecular flexibility index (Phi) is 4.30. The van der Waals surface area contributed by atoms with Crippen molar-refractivity contribution < 1.29 is 14.2 Å². The van der Waals surface area contributed by atoms with Crippen LogP contribution >= 0.6 is 0 Å². The molecule has 0 bridgehead atoms. The molecule has 0 amide bonds. The number of halogens is 1. The third-order valence-corrected chi connectivity index (χ3v) is 2.69. The van der Waals surface area contributed by atoms with Crippen LogP contribution in [0.1, 0.15) is 11.1 Å². The largest absolute Gasteiger partial charge is 0.508 e. The Morgan fingerprint density at radius 3 is 2.79 bits per heavy atom. The van der Waals surface area contributed by atoms with Crippen molar-refractivity contribution in [1.82, 2.24) is 10.3 Å². The standard InChI is InChI=1S/C14H15FN2O2/c1-19-14-5-2-10(8-17-14)7-16-9-11-6-12(15)3-4-13(11)18/h2-6,8,16,18H,7,9H2,1H3. The fourth-order valence-corrected chi connectivity index (χ4v) is 1.67. The van der Waals surface area contributed by atoms with E-state index in [1.807, 2.05) is 6.07 Å². The van der Waals surface area contributed by atoms with Gasteiger partial charge in [0, 0.05) is 30.9 Å². The van der Waals surface area contributed by atoms with E-state index in [0.29, 0.717) is 24.5 Å². The molecule has 0 aliphatic carbocycles. The second-order valence-electron chi connectivity index (χ2n) is 4.09. The molecule has 2 N–H and O–H groups in total. The Balaban J connectivity index is 1.90. The Bertz CT molecular complexity index is 544. The minimum atomic E-state index is -0.360. The number of aromatic nitrogens is 1. The van der Waals surface area contributed by atoms with Crippen molar-refractivity contribution in [1.29, 1.82) is 0 Å². The van der Waals surface area contributed by atoms with Gasteiger partial charge >= 0.3 is 0 Å². The summed E-state index contributed by atoms with van der Waals surface area (Å²) in [6.45, 7) is 0.961. The molecule has 0 spiro atoms. The van der Waals surface area contributed by atoms with Gasteiger partial charge in [0.25, 0.3) is 0 Å². The lowest BCUT2D eigenvalue weighted by Crippen LogP contribution is -2.13. The average molecular weight is 262 g/mol. The molecule has 0 unspecified atom stereocenters. The van der Waals surface area contributed by atoms with Crippen molar-refractivity contribution in [3.63, 3.8) is 0 Å². The maximum absolute atomic E-state index is 13.0. The van der Waals surface area contributed by atoms with E-state index in [1.54, 1.807) is 19.4 Å². The van der Waals surface area contributed by atoms with Crippen molar-refractivity contribution in [2.24, 2.45) is 0 Å². The molecule has 100 valence electrons. The predicted octanol–water partition coefficient (Wildman–Crippen LogP) is 2.22. The summed E-state index contributed by atoms with van der Waals surface area (Å²) in [5.41, 5.74) is 1.51. The van der Waals surface area contributed by atoms with Crippen molar-refractivity contribution in [3.05, 3.63) is 53.5 Å². The average Bonchev–Trinajstić information content (AvgIpc) is 2.43. The van der Waals surface area contributed by atoms with Gasteiger partial charge in [-0.3, -0.25) is 0 Å². The van der Waals surface area contributed by atoms with Gasteiger partial charge in [0.1, 0.15) is 11.6 Å². The van der Waals surface area contributed by atoms with E-state index in [0.717, 1.165) is 5.56 Å². The third-order valence-electron chi connectivity index (χ3n) is 2.69. The topological polar surface area (TPSA) is 54.4 Å². The molecular formula is C14H15FN2O2. The van der Waals surface area contributed by atoms with E-state index in [-0.39, 0.29) is 11.6 Å². The molecule has 0 atom stereocenters. The third kappa shape index (κ3) is 3.66. The number of ether oxygens (including phenoxy) is 1. The minimum absolute atomic E-state index is 0.0850. The predicted molar refractivity (Wildman–Crippen MR) is 69.4 cm³/mol. The monoisotopic (exact) mass is 262 g/mol. The van der Waals surface area contributed by atoms with Crippen LogP contribution in [0.2, 0.25) is 0 Å². The van der Waals surface area contributed by atoms with Gasteiger partial charge in [-0.15, -0.1) is 0 Å². The number of rotatable bonds is 5. The first kappa shape index (κ1) is 13.3. The number of nitrogens with one attached hydrogen (secondary N) is 1. The fraction of sp³-hybridized carbons (Fsp3) is 0.214. The van der Waals surface area contributed by atoms with Crippen LogP contribution in [0.3, 0.4) is 0 Å². The summed E-state index contributed by atoms with van der Waals surface area (Å²) in [6, 6.07) is 7.56. The van der Waals surface area contributed by atoms with Crippen LogP contribution in [-0.2, 0) is 13.1 Å². The quantitative estimate of drug-likeness (QED) is 0.867. The number of pyridine rings is 1. The van der Waals surface area contributed by atoms with Crippen molar-refractivity contribution in [2.75, 3.05) is 7.11 Å². The number of methoxy groups -OCH3 is 1. The lowest BCUT2D eigenvalue weighted by Gasteiger charge is -2.07. The Morgan fingerprint density at radius 2 is 2.11 bits per heavy atom. The van der Waals surface area contributed by atoms with Crippen molar-refractivity contribution in [2.45, 2.75) is 13.1 Å². The minimum Gasteiger partial charge on any atom is -0.508 e. The number of hydrogen-bond donors (Lipinski definition) is 2. The summed E-state index contributed by atoms with van der Waals surface area (Å²) in [6.07, 6.45) is 1.71. The van der Waals surface area contributed by atoms with Gasteiger partial charge in [0.05, 0.1) is 7.11 Å². The number of aromatic hydroxyl groups is 1. The highest BCUT2D eigenvalue weighted by Gasteiger charge is 2.03. The molecule has 1 aromatic carbocycles. The molecule has 1 aromatic heterocycles. The molecule has 1 heterocycles. The number of hydrogen-bond acceptors (Lipinski definition) is 4. The molecule has 5 heteroatoms. The maximum Gasteiger partial charge on any atom is 0.212 e. The highest BCUT2D eigenvalue weighted by atomic mass is 19.1. The number of benzene rings is 1. The maximum atomic E-state index is 13.0. The van der Waals surface area contributed by atoms with Gasteiger partial charge in [-0.25, -0.2) is 9.37 Å². The molecular weight excluding hydrogens is 247 g/mol. The molecule has 4 nitrogen and oxygen atoms in total. The Morgan fingerprint density at radius 1 is 1.26 bits per heavy atom. The summed E-state index contributed by atoms with van der Waals surface area (Å²) in [5, 5.41) is 12.7. The summed E-state index contributed by atoms with van der Waals surface area (Å²) in [7, 11) is 1.56. The van der Waals surface area contributed by atoms with Gasteiger partial charge in [-0.2, -0.15) is 0 Å². The molecule has 0 radical (unpaired) electrons. The SMILES string of the molecule is COc1ccc(CNCc2cc(F)ccc2O)cn1. The van der Waals surface area contributed by atoms with Crippen LogP contribution in [0.25, 0.3) is 0 Å². The Hall–Kier alpha value is -2.14. The lowest BCUT2D eigenvalue weighted by atomic mass is 10.2. The highest BCUT2D eigenvalue weighted by molar-refractivity contribution is 5.32. The molecule has 0 aliphatic rings. The van der Waals surface area contributed by atoms with Gasteiger partial charge in [-0.05, 0) is 23.8 Å². The molecule has 0 saturated heterocycles. The second-order valence-corrected chi connectivity index (χ2v) is 4.09. The van der Waals surface area contributed by atoms with Crippen LogP contribution in [0.5, 0.6) is 11.6 Å². The normalized spacial score (nSPS) is 10.4. The first-order chi connectivity index (χ1) is 9.19. The first-order valence-electron chi connectivity index (χ1n) is 5.86. The van der Waals surface area contributed by atoms with E-state index >= 15 is 0 Å². The molecule has 2 aromatic rings. The van der Waals surface area contributed by atoms with E-state index in [9.17, 15) is 9.50 Å². The zero-order chi connectivity index (χ0) is 13.7. The summed E-state index contributed by atoms with van der Waals surface area (Å²) < 4.78 is 18.0. The molecule has 0 fully saturated rings. The molecule has 2 rings (SSSR count). The zero-order valence-electron chi connectivity index (χ0n) is 10.6.